The van der Waals surface area contributed by atoms with E-state index in [1.54, 1.807) is 0 Å². The molecule has 0 aliphatic rings. The summed E-state index contributed by atoms with van der Waals surface area (Å²) in [5.74, 6) is 0. The van der Waals surface area contributed by atoms with Crippen LogP contribution in [0.2, 0.25) is 0 Å². The van der Waals surface area contributed by atoms with Crippen LogP contribution in [-0.4, -0.2) is 20.0 Å². The van der Waals surface area contributed by atoms with Crippen molar-refractivity contribution in [2.45, 2.75) is 20.0 Å². The molecule has 0 bridgehead atoms. The maximum Gasteiger partial charge on any atom is 0.0651 e. The van der Waals surface area contributed by atoms with Crippen LogP contribution in [0.1, 0.15) is 12.5 Å². The zero-order chi connectivity index (χ0) is 12.4. The summed E-state index contributed by atoms with van der Waals surface area (Å²) in [5.41, 5.74) is 3.33. The molecule has 1 aromatic carbocycles. The molecule has 0 saturated carbocycles. The molecule has 2 heterocycles. The quantitative estimate of drug-likeness (QED) is 0.737. The summed E-state index contributed by atoms with van der Waals surface area (Å²) < 4.78 is 1.93. The Morgan fingerprint density at radius 1 is 1.33 bits per heavy atom. The number of hydrogen-bond donors (Lipinski definition) is 2. The van der Waals surface area contributed by atoms with Crippen LogP contribution in [0.5, 0.6) is 0 Å². The molecule has 3 aromatic rings. The van der Waals surface area contributed by atoms with E-state index in [9.17, 15) is 0 Å². The van der Waals surface area contributed by atoms with Crippen molar-refractivity contribution in [1.82, 2.24) is 20.0 Å². The fourth-order valence-corrected chi connectivity index (χ4v) is 1.93. The summed E-state index contributed by atoms with van der Waals surface area (Å²) in [5, 5.41) is 15.7. The van der Waals surface area contributed by atoms with Crippen molar-refractivity contribution in [3.8, 4) is 0 Å². The Bertz CT molecular complexity index is 652. The first-order valence-corrected chi connectivity index (χ1v) is 6.03. The molecule has 0 atom stereocenters. The minimum absolute atomic E-state index is 0.781. The molecule has 0 aliphatic heterocycles. The molecule has 2 aromatic heterocycles. The Kier molecular flexibility index (Phi) is 2.72. The summed E-state index contributed by atoms with van der Waals surface area (Å²) in [6.07, 6.45) is 5.78. The standard InChI is InChI=1S/C13H15N5/c1-2-18-9-10(7-16-18)6-14-12-3-4-13-11(5-12)8-15-17-13/h3-5,7-9,14H,2,6H2,1H3,(H,15,17). The number of benzene rings is 1. The van der Waals surface area contributed by atoms with Gasteiger partial charge in [0.25, 0.3) is 0 Å². The third kappa shape index (κ3) is 2.07. The van der Waals surface area contributed by atoms with Crippen molar-refractivity contribution in [2.75, 3.05) is 5.32 Å². The maximum absolute atomic E-state index is 4.25. The zero-order valence-electron chi connectivity index (χ0n) is 10.2. The SMILES string of the molecule is CCn1cc(CNc2ccc3[nH]ncc3c2)cn1. The highest BCUT2D eigenvalue weighted by molar-refractivity contribution is 5.81. The molecule has 0 fully saturated rings. The molecular formula is C13H15N5. The van der Waals surface area contributed by atoms with Gasteiger partial charge in [0.1, 0.15) is 0 Å². The van der Waals surface area contributed by atoms with Crippen molar-refractivity contribution in [2.24, 2.45) is 0 Å². The van der Waals surface area contributed by atoms with E-state index in [0.717, 1.165) is 29.7 Å². The molecule has 5 heteroatoms. The number of fused-ring (bicyclic) bond motifs is 1. The highest BCUT2D eigenvalue weighted by atomic mass is 15.3. The average Bonchev–Trinajstić information content (AvgIpc) is 3.04. The molecule has 18 heavy (non-hydrogen) atoms. The van der Waals surface area contributed by atoms with Gasteiger partial charge in [-0.2, -0.15) is 10.2 Å². The second-order valence-electron chi connectivity index (χ2n) is 4.23. The normalized spacial score (nSPS) is 10.9. The summed E-state index contributed by atoms with van der Waals surface area (Å²) in [7, 11) is 0. The van der Waals surface area contributed by atoms with Crippen molar-refractivity contribution in [3.05, 3.63) is 42.4 Å². The van der Waals surface area contributed by atoms with Gasteiger partial charge in [-0.1, -0.05) is 0 Å². The summed E-state index contributed by atoms with van der Waals surface area (Å²) in [6.45, 7) is 3.77. The molecule has 0 aliphatic carbocycles. The molecule has 2 N–H and O–H groups in total. The predicted molar refractivity (Wildman–Crippen MR) is 71.3 cm³/mol. The molecule has 0 radical (unpaired) electrons. The van der Waals surface area contributed by atoms with Crippen LogP contribution in [0.15, 0.2) is 36.8 Å². The van der Waals surface area contributed by atoms with Gasteiger partial charge in [-0.05, 0) is 25.1 Å². The molecule has 92 valence electrons. The lowest BCUT2D eigenvalue weighted by Crippen LogP contribution is -1.98. The Morgan fingerprint density at radius 3 is 3.11 bits per heavy atom. The van der Waals surface area contributed by atoms with E-state index < -0.39 is 0 Å². The third-order valence-electron chi connectivity index (χ3n) is 2.95. The van der Waals surface area contributed by atoms with Gasteiger partial charge in [-0.25, -0.2) is 0 Å². The number of aromatic nitrogens is 4. The zero-order valence-corrected chi connectivity index (χ0v) is 10.2. The van der Waals surface area contributed by atoms with Crippen LogP contribution in [0, 0.1) is 0 Å². The second kappa shape index (κ2) is 4.52. The van der Waals surface area contributed by atoms with E-state index in [2.05, 4.69) is 39.8 Å². The molecular weight excluding hydrogens is 226 g/mol. The first-order valence-electron chi connectivity index (χ1n) is 6.03. The highest BCUT2D eigenvalue weighted by Crippen LogP contribution is 2.17. The van der Waals surface area contributed by atoms with Crippen LogP contribution < -0.4 is 5.32 Å². The number of hydrogen-bond acceptors (Lipinski definition) is 3. The van der Waals surface area contributed by atoms with Crippen LogP contribution in [0.3, 0.4) is 0 Å². The maximum atomic E-state index is 4.25. The second-order valence-corrected chi connectivity index (χ2v) is 4.23. The van der Waals surface area contributed by atoms with Gasteiger partial charge in [0.2, 0.25) is 0 Å². The monoisotopic (exact) mass is 241 g/mol. The Labute approximate surface area is 105 Å². The van der Waals surface area contributed by atoms with Gasteiger partial charge in [0.15, 0.2) is 0 Å². The number of aromatic amines is 1. The van der Waals surface area contributed by atoms with Gasteiger partial charge in [0, 0.05) is 35.9 Å². The number of anilines is 1. The first-order chi connectivity index (χ1) is 8.85. The van der Waals surface area contributed by atoms with Crippen molar-refractivity contribution >= 4 is 16.6 Å². The molecule has 5 nitrogen and oxygen atoms in total. The van der Waals surface area contributed by atoms with Gasteiger partial charge < -0.3 is 5.32 Å². The fraction of sp³-hybridized carbons (Fsp3) is 0.231. The van der Waals surface area contributed by atoms with Crippen LogP contribution in [0.25, 0.3) is 10.9 Å². The molecule has 0 unspecified atom stereocenters. The smallest absolute Gasteiger partial charge is 0.0651 e. The van der Waals surface area contributed by atoms with Crippen LogP contribution in [0.4, 0.5) is 5.69 Å². The molecule has 3 rings (SSSR count). The van der Waals surface area contributed by atoms with E-state index in [-0.39, 0.29) is 0 Å². The average molecular weight is 241 g/mol. The number of nitrogens with one attached hydrogen (secondary N) is 2. The number of H-pyrrole nitrogens is 1. The van der Waals surface area contributed by atoms with E-state index in [0.29, 0.717) is 0 Å². The van der Waals surface area contributed by atoms with Gasteiger partial charge in [-0.15, -0.1) is 0 Å². The third-order valence-corrected chi connectivity index (χ3v) is 2.95. The van der Waals surface area contributed by atoms with Crippen LogP contribution >= 0.6 is 0 Å². The van der Waals surface area contributed by atoms with Crippen LogP contribution in [-0.2, 0) is 13.1 Å². The van der Waals surface area contributed by atoms with Crippen molar-refractivity contribution in [3.63, 3.8) is 0 Å². The molecule has 0 spiro atoms. The van der Waals surface area contributed by atoms with E-state index in [4.69, 9.17) is 0 Å². The Balaban J connectivity index is 1.72. The minimum atomic E-state index is 0.781. The lowest BCUT2D eigenvalue weighted by atomic mass is 10.2. The van der Waals surface area contributed by atoms with Gasteiger partial charge >= 0.3 is 0 Å². The minimum Gasteiger partial charge on any atom is -0.381 e. The lowest BCUT2D eigenvalue weighted by molar-refractivity contribution is 0.659. The Hall–Kier alpha value is -2.30. The summed E-state index contributed by atoms with van der Waals surface area (Å²) in [4.78, 5) is 0. The number of nitrogens with zero attached hydrogens (tertiary/aromatic N) is 3. The summed E-state index contributed by atoms with van der Waals surface area (Å²) in [6, 6.07) is 6.16. The van der Waals surface area contributed by atoms with Gasteiger partial charge in [-0.3, -0.25) is 9.78 Å². The number of rotatable bonds is 4. The lowest BCUT2D eigenvalue weighted by Gasteiger charge is -2.04. The van der Waals surface area contributed by atoms with Crippen molar-refractivity contribution < 1.29 is 0 Å². The topological polar surface area (TPSA) is 58.5 Å². The fourth-order valence-electron chi connectivity index (χ4n) is 1.93. The molecule has 0 saturated heterocycles. The number of aryl methyl sites for hydroxylation is 1. The Morgan fingerprint density at radius 2 is 2.28 bits per heavy atom. The largest absolute Gasteiger partial charge is 0.381 e. The van der Waals surface area contributed by atoms with Gasteiger partial charge in [0.05, 0.1) is 17.9 Å². The van der Waals surface area contributed by atoms with E-state index in [1.807, 2.05) is 29.2 Å². The summed E-state index contributed by atoms with van der Waals surface area (Å²) >= 11 is 0. The first kappa shape index (κ1) is 10.8. The van der Waals surface area contributed by atoms with Crippen molar-refractivity contribution in [1.29, 1.82) is 0 Å². The molecule has 0 amide bonds. The highest BCUT2D eigenvalue weighted by Gasteiger charge is 2.00. The predicted octanol–water partition coefficient (Wildman–Crippen LogP) is 2.39. The van der Waals surface area contributed by atoms with E-state index >= 15 is 0 Å². The van der Waals surface area contributed by atoms with E-state index in [1.165, 1.54) is 5.56 Å².